The van der Waals surface area contributed by atoms with Gasteiger partial charge in [0.25, 0.3) is 0 Å². The largest absolute Gasteiger partial charge is 0.477 e. The van der Waals surface area contributed by atoms with E-state index in [1.165, 1.54) is 10.6 Å². The van der Waals surface area contributed by atoms with Crippen LogP contribution in [0.4, 0.5) is 5.82 Å². The zero-order valence-corrected chi connectivity index (χ0v) is 6.64. The Morgan fingerprint density at radius 3 is 3.00 bits per heavy atom. The Kier molecular flexibility index (Phi) is 1.45. The molecule has 0 bridgehead atoms. The summed E-state index contributed by atoms with van der Waals surface area (Å²) >= 11 is 0. The van der Waals surface area contributed by atoms with E-state index in [1.54, 1.807) is 18.2 Å². The summed E-state index contributed by atoms with van der Waals surface area (Å²) in [4.78, 5) is 14.6. The van der Waals surface area contributed by atoms with E-state index in [1.807, 2.05) is 0 Å². The molecule has 66 valence electrons. The SMILES string of the molecule is Nc1cccc2ncc(C(=O)O)n12. The zero-order chi connectivity index (χ0) is 9.42. The first kappa shape index (κ1) is 7.60. The third-order valence-corrected chi connectivity index (χ3v) is 1.78. The molecule has 2 aromatic rings. The number of pyridine rings is 1. The minimum Gasteiger partial charge on any atom is -0.477 e. The lowest BCUT2D eigenvalue weighted by Gasteiger charge is -2.00. The van der Waals surface area contributed by atoms with Gasteiger partial charge in [-0.15, -0.1) is 0 Å². The lowest BCUT2D eigenvalue weighted by molar-refractivity contribution is 0.0689. The van der Waals surface area contributed by atoms with Gasteiger partial charge in [-0.05, 0) is 12.1 Å². The molecule has 0 aromatic carbocycles. The Labute approximate surface area is 73.4 Å². The third kappa shape index (κ3) is 1.01. The molecule has 0 unspecified atom stereocenters. The first-order valence-electron chi connectivity index (χ1n) is 3.65. The van der Waals surface area contributed by atoms with Gasteiger partial charge in [0.2, 0.25) is 0 Å². The Hall–Kier alpha value is -2.04. The van der Waals surface area contributed by atoms with E-state index in [0.717, 1.165) is 0 Å². The molecule has 5 nitrogen and oxygen atoms in total. The number of imidazole rings is 1. The standard InChI is InChI=1S/C8H7N3O2/c9-6-2-1-3-7-10-4-5(8(12)13)11(6)7/h1-4H,9H2,(H,12,13). The van der Waals surface area contributed by atoms with Crippen LogP contribution in [0.1, 0.15) is 10.5 Å². The van der Waals surface area contributed by atoms with Crippen LogP contribution >= 0.6 is 0 Å². The average Bonchev–Trinajstić information content (AvgIpc) is 2.49. The molecular weight excluding hydrogens is 170 g/mol. The van der Waals surface area contributed by atoms with Crippen molar-refractivity contribution in [3.05, 3.63) is 30.1 Å². The number of aromatic nitrogens is 2. The van der Waals surface area contributed by atoms with Gasteiger partial charge in [0.15, 0.2) is 5.69 Å². The number of nitrogens with zero attached hydrogens (tertiary/aromatic N) is 2. The molecule has 3 N–H and O–H groups in total. The van der Waals surface area contributed by atoms with Gasteiger partial charge < -0.3 is 10.8 Å². The number of fused-ring (bicyclic) bond motifs is 1. The third-order valence-electron chi connectivity index (χ3n) is 1.78. The van der Waals surface area contributed by atoms with Crippen molar-refractivity contribution < 1.29 is 9.90 Å². The maximum atomic E-state index is 10.7. The van der Waals surface area contributed by atoms with Crippen LogP contribution in [-0.2, 0) is 0 Å². The van der Waals surface area contributed by atoms with Crippen LogP contribution in [0.15, 0.2) is 24.4 Å². The van der Waals surface area contributed by atoms with Crippen LogP contribution in [0.5, 0.6) is 0 Å². The van der Waals surface area contributed by atoms with Gasteiger partial charge in [0, 0.05) is 0 Å². The van der Waals surface area contributed by atoms with Crippen LogP contribution in [0, 0.1) is 0 Å². The summed E-state index contributed by atoms with van der Waals surface area (Å²) in [6, 6.07) is 5.05. The minimum absolute atomic E-state index is 0.0769. The molecule has 0 aliphatic carbocycles. The number of nitrogen functional groups attached to an aromatic ring is 1. The van der Waals surface area contributed by atoms with E-state index in [4.69, 9.17) is 10.8 Å². The molecule has 0 amide bonds. The van der Waals surface area contributed by atoms with Crippen LogP contribution < -0.4 is 5.73 Å². The van der Waals surface area contributed by atoms with Gasteiger partial charge in [0.1, 0.15) is 11.5 Å². The highest BCUT2D eigenvalue weighted by Crippen LogP contribution is 2.11. The van der Waals surface area contributed by atoms with Crippen LogP contribution in [-0.4, -0.2) is 20.5 Å². The second-order valence-corrected chi connectivity index (χ2v) is 2.59. The molecule has 0 saturated heterocycles. The second kappa shape index (κ2) is 2.48. The molecule has 0 aliphatic heterocycles. The van der Waals surface area contributed by atoms with Crippen molar-refractivity contribution in [2.45, 2.75) is 0 Å². The summed E-state index contributed by atoms with van der Waals surface area (Å²) in [5.41, 5.74) is 6.22. The van der Waals surface area contributed by atoms with Gasteiger partial charge in [-0.2, -0.15) is 0 Å². The number of anilines is 1. The molecule has 0 atom stereocenters. The predicted molar refractivity (Wildman–Crippen MR) is 46.6 cm³/mol. The second-order valence-electron chi connectivity index (χ2n) is 2.59. The molecule has 0 fully saturated rings. The summed E-state index contributed by atoms with van der Waals surface area (Å²) in [7, 11) is 0. The fourth-order valence-electron chi connectivity index (χ4n) is 1.21. The van der Waals surface area contributed by atoms with Crippen LogP contribution in [0.25, 0.3) is 5.65 Å². The summed E-state index contributed by atoms with van der Waals surface area (Å²) in [6.07, 6.45) is 1.29. The molecule has 0 spiro atoms. The number of carboxylic acid groups (broad SMARTS) is 1. The van der Waals surface area contributed by atoms with Crippen molar-refractivity contribution in [1.82, 2.24) is 9.38 Å². The Morgan fingerprint density at radius 2 is 2.31 bits per heavy atom. The van der Waals surface area contributed by atoms with Crippen LogP contribution in [0.3, 0.4) is 0 Å². The fourth-order valence-corrected chi connectivity index (χ4v) is 1.21. The summed E-state index contributed by atoms with van der Waals surface area (Å²) in [5, 5.41) is 8.78. The number of carboxylic acids is 1. The Morgan fingerprint density at radius 1 is 1.54 bits per heavy atom. The first-order valence-corrected chi connectivity index (χ1v) is 3.65. The number of carbonyl (C=O) groups is 1. The van der Waals surface area contributed by atoms with Gasteiger partial charge in [-0.25, -0.2) is 9.78 Å². The van der Waals surface area contributed by atoms with E-state index >= 15 is 0 Å². The highest BCUT2D eigenvalue weighted by molar-refractivity contribution is 5.87. The molecule has 2 aromatic heterocycles. The van der Waals surface area contributed by atoms with Crippen molar-refractivity contribution >= 4 is 17.4 Å². The monoisotopic (exact) mass is 177 g/mol. The maximum absolute atomic E-state index is 10.7. The van der Waals surface area contributed by atoms with Crippen molar-refractivity contribution in [3.8, 4) is 0 Å². The molecular formula is C8H7N3O2. The van der Waals surface area contributed by atoms with E-state index in [2.05, 4.69) is 4.98 Å². The number of hydrogen-bond donors (Lipinski definition) is 2. The van der Waals surface area contributed by atoms with Gasteiger partial charge in [-0.3, -0.25) is 4.40 Å². The minimum atomic E-state index is -1.04. The number of aromatic carboxylic acids is 1. The van der Waals surface area contributed by atoms with Gasteiger partial charge in [0.05, 0.1) is 6.20 Å². The lowest BCUT2D eigenvalue weighted by Crippen LogP contribution is -2.05. The molecule has 0 radical (unpaired) electrons. The maximum Gasteiger partial charge on any atom is 0.354 e. The number of hydrogen-bond acceptors (Lipinski definition) is 3. The predicted octanol–water partition coefficient (Wildman–Crippen LogP) is 0.615. The highest BCUT2D eigenvalue weighted by atomic mass is 16.4. The fraction of sp³-hybridized carbons (Fsp3) is 0. The van der Waals surface area contributed by atoms with Gasteiger partial charge in [-0.1, -0.05) is 6.07 Å². The van der Waals surface area contributed by atoms with Crippen LogP contribution in [0.2, 0.25) is 0 Å². The molecule has 0 aliphatic rings. The van der Waals surface area contributed by atoms with Crippen molar-refractivity contribution in [3.63, 3.8) is 0 Å². The van der Waals surface area contributed by atoms with E-state index in [9.17, 15) is 4.79 Å². The van der Waals surface area contributed by atoms with Crippen molar-refractivity contribution in [1.29, 1.82) is 0 Å². The summed E-state index contributed by atoms with van der Waals surface area (Å²) < 4.78 is 1.39. The smallest absolute Gasteiger partial charge is 0.354 e. The molecule has 2 rings (SSSR count). The van der Waals surface area contributed by atoms with Gasteiger partial charge >= 0.3 is 5.97 Å². The summed E-state index contributed by atoms with van der Waals surface area (Å²) in [5.74, 6) is -0.669. The number of nitrogens with two attached hydrogens (primary N) is 1. The quantitative estimate of drug-likeness (QED) is 0.668. The lowest BCUT2D eigenvalue weighted by atomic mass is 10.4. The topological polar surface area (TPSA) is 80.6 Å². The molecule has 5 heteroatoms. The molecule has 0 saturated carbocycles. The first-order chi connectivity index (χ1) is 6.20. The Balaban J connectivity index is 2.86. The zero-order valence-electron chi connectivity index (χ0n) is 6.64. The van der Waals surface area contributed by atoms with Crippen molar-refractivity contribution in [2.24, 2.45) is 0 Å². The van der Waals surface area contributed by atoms with Crippen molar-refractivity contribution in [2.75, 3.05) is 5.73 Å². The average molecular weight is 177 g/mol. The van der Waals surface area contributed by atoms with E-state index in [0.29, 0.717) is 11.5 Å². The van der Waals surface area contributed by atoms with E-state index < -0.39 is 5.97 Å². The number of rotatable bonds is 1. The Bertz CT molecular complexity index is 475. The summed E-state index contributed by atoms with van der Waals surface area (Å²) in [6.45, 7) is 0. The molecule has 2 heterocycles. The molecule has 13 heavy (non-hydrogen) atoms. The normalized spacial score (nSPS) is 10.5. The highest BCUT2D eigenvalue weighted by Gasteiger charge is 2.11. The van der Waals surface area contributed by atoms with E-state index in [-0.39, 0.29) is 5.69 Å².